The lowest BCUT2D eigenvalue weighted by Crippen LogP contribution is -2.29. The summed E-state index contributed by atoms with van der Waals surface area (Å²) in [6.45, 7) is 3.96. The fourth-order valence-corrected chi connectivity index (χ4v) is 1.96. The van der Waals surface area contributed by atoms with Crippen LogP contribution in [0.2, 0.25) is 0 Å². The van der Waals surface area contributed by atoms with Crippen LogP contribution in [-0.4, -0.2) is 42.5 Å². The molecule has 9 nitrogen and oxygen atoms in total. The van der Waals surface area contributed by atoms with E-state index in [0.717, 1.165) is 0 Å². The Morgan fingerprint density at radius 1 is 1.57 bits per heavy atom. The molecule has 21 heavy (non-hydrogen) atoms. The van der Waals surface area contributed by atoms with Crippen molar-refractivity contribution in [2.75, 3.05) is 7.05 Å². The minimum absolute atomic E-state index is 0.0590. The molecule has 0 saturated heterocycles. The van der Waals surface area contributed by atoms with E-state index in [-0.39, 0.29) is 29.9 Å². The smallest absolute Gasteiger partial charge is 0.287 e. The Morgan fingerprint density at radius 3 is 2.81 bits per heavy atom. The van der Waals surface area contributed by atoms with Crippen molar-refractivity contribution in [2.45, 2.75) is 26.4 Å². The third kappa shape index (κ3) is 3.07. The van der Waals surface area contributed by atoms with Crippen LogP contribution in [0.15, 0.2) is 18.6 Å². The van der Waals surface area contributed by atoms with Crippen molar-refractivity contribution >= 4 is 11.6 Å². The molecule has 0 atom stereocenters. The minimum atomic E-state index is -0.508. The Morgan fingerprint density at radius 2 is 2.29 bits per heavy atom. The van der Waals surface area contributed by atoms with Crippen LogP contribution >= 0.6 is 0 Å². The van der Waals surface area contributed by atoms with E-state index in [2.05, 4.69) is 15.2 Å². The summed E-state index contributed by atoms with van der Waals surface area (Å²) in [4.78, 5) is 28.2. The number of H-pyrrole nitrogens is 1. The number of carbonyl (C=O) groups excluding carboxylic acids is 1. The van der Waals surface area contributed by atoms with Gasteiger partial charge in [0.1, 0.15) is 17.8 Å². The number of nitro groups is 1. The molecule has 112 valence electrons. The normalized spacial score (nSPS) is 10.9. The molecule has 2 aromatic rings. The Hall–Kier alpha value is -2.71. The number of hydrogen-bond donors (Lipinski definition) is 1. The summed E-state index contributed by atoms with van der Waals surface area (Å²) >= 11 is 0. The Balaban J connectivity index is 2.27. The highest BCUT2D eigenvalue weighted by atomic mass is 16.6. The lowest BCUT2D eigenvalue weighted by atomic mass is 10.3. The Labute approximate surface area is 120 Å². The number of nitrogens with zero attached hydrogens (tertiary/aromatic N) is 5. The Kier molecular flexibility index (Phi) is 4.01. The predicted molar refractivity (Wildman–Crippen MR) is 73.7 cm³/mol. The number of rotatable bonds is 5. The molecule has 2 aromatic heterocycles. The van der Waals surface area contributed by atoms with Gasteiger partial charge in [0.25, 0.3) is 11.6 Å². The van der Waals surface area contributed by atoms with Gasteiger partial charge >= 0.3 is 0 Å². The molecule has 0 unspecified atom stereocenters. The van der Waals surface area contributed by atoms with E-state index in [1.165, 1.54) is 23.5 Å². The van der Waals surface area contributed by atoms with Crippen molar-refractivity contribution in [3.8, 4) is 0 Å². The van der Waals surface area contributed by atoms with Crippen LogP contribution in [0.3, 0.4) is 0 Å². The van der Waals surface area contributed by atoms with Crippen LogP contribution in [0.1, 0.15) is 36.2 Å². The van der Waals surface area contributed by atoms with Gasteiger partial charge < -0.3 is 9.47 Å². The third-order valence-corrected chi connectivity index (χ3v) is 3.02. The molecule has 2 rings (SSSR count). The first-order valence-corrected chi connectivity index (χ1v) is 6.36. The molecular formula is C12H16N6O3. The second-order valence-corrected chi connectivity index (χ2v) is 4.94. The molecule has 0 aliphatic rings. The zero-order chi connectivity index (χ0) is 15.6. The summed E-state index contributed by atoms with van der Waals surface area (Å²) in [5.41, 5.74) is 0.179. The number of amides is 1. The van der Waals surface area contributed by atoms with E-state index >= 15 is 0 Å². The van der Waals surface area contributed by atoms with Gasteiger partial charge in [0.2, 0.25) is 0 Å². The van der Waals surface area contributed by atoms with Gasteiger partial charge in [-0.15, -0.1) is 0 Å². The molecule has 0 aliphatic heterocycles. The molecule has 0 aromatic carbocycles. The lowest BCUT2D eigenvalue weighted by molar-refractivity contribution is -0.384. The van der Waals surface area contributed by atoms with Gasteiger partial charge in [-0.1, -0.05) is 0 Å². The van der Waals surface area contributed by atoms with E-state index in [1.54, 1.807) is 11.6 Å². The van der Waals surface area contributed by atoms with Crippen LogP contribution in [-0.2, 0) is 6.54 Å². The Bertz CT molecular complexity index is 646. The summed E-state index contributed by atoms with van der Waals surface area (Å²) in [5.74, 6) is 0.233. The number of nitrogens with one attached hydrogen (secondary N) is 1. The standard InChI is InChI=1S/C12H16N6O3/c1-8(2)17-5-9(18(20)21)4-10(17)12(19)16(3)6-11-13-7-14-15-11/h4-5,7-8H,6H2,1-3H3,(H,13,14,15). The largest absolute Gasteiger partial charge is 0.335 e. The molecule has 0 fully saturated rings. The third-order valence-electron chi connectivity index (χ3n) is 3.02. The molecule has 2 heterocycles. The average molecular weight is 292 g/mol. The first kappa shape index (κ1) is 14.7. The number of carbonyl (C=O) groups is 1. The first-order valence-electron chi connectivity index (χ1n) is 6.36. The van der Waals surface area contributed by atoms with Crippen LogP contribution < -0.4 is 0 Å². The SMILES string of the molecule is CC(C)n1cc([N+](=O)[O-])cc1C(=O)N(C)Cc1ncn[nH]1. The maximum absolute atomic E-state index is 12.5. The van der Waals surface area contributed by atoms with Crippen LogP contribution in [0, 0.1) is 10.1 Å². The van der Waals surface area contributed by atoms with E-state index in [9.17, 15) is 14.9 Å². The monoisotopic (exact) mass is 292 g/mol. The van der Waals surface area contributed by atoms with Crippen molar-refractivity contribution < 1.29 is 9.72 Å². The zero-order valence-electron chi connectivity index (χ0n) is 12.0. The quantitative estimate of drug-likeness (QED) is 0.661. The highest BCUT2D eigenvalue weighted by Gasteiger charge is 2.23. The van der Waals surface area contributed by atoms with E-state index < -0.39 is 4.92 Å². The van der Waals surface area contributed by atoms with E-state index in [1.807, 2.05) is 13.8 Å². The van der Waals surface area contributed by atoms with Gasteiger partial charge in [0, 0.05) is 19.2 Å². The van der Waals surface area contributed by atoms with Crippen LogP contribution in [0.25, 0.3) is 0 Å². The number of aromatic nitrogens is 4. The van der Waals surface area contributed by atoms with Crippen molar-refractivity contribution in [1.29, 1.82) is 0 Å². The average Bonchev–Trinajstić information content (AvgIpc) is 3.06. The van der Waals surface area contributed by atoms with Gasteiger partial charge in [-0.25, -0.2) is 4.98 Å². The van der Waals surface area contributed by atoms with Crippen LogP contribution in [0.5, 0.6) is 0 Å². The summed E-state index contributed by atoms with van der Waals surface area (Å²) in [6, 6.07) is 1.23. The highest BCUT2D eigenvalue weighted by molar-refractivity contribution is 5.93. The molecule has 0 bridgehead atoms. The van der Waals surface area contributed by atoms with Crippen molar-refractivity contribution in [3.05, 3.63) is 40.2 Å². The minimum Gasteiger partial charge on any atom is -0.335 e. The molecular weight excluding hydrogens is 276 g/mol. The summed E-state index contributed by atoms with van der Waals surface area (Å²) in [7, 11) is 1.61. The maximum Gasteiger partial charge on any atom is 0.287 e. The molecule has 1 amide bonds. The zero-order valence-corrected chi connectivity index (χ0v) is 12.0. The molecule has 0 saturated carbocycles. The lowest BCUT2D eigenvalue weighted by Gasteiger charge is -2.18. The van der Waals surface area contributed by atoms with Gasteiger partial charge in [-0.3, -0.25) is 20.0 Å². The van der Waals surface area contributed by atoms with Gasteiger partial charge in [-0.05, 0) is 13.8 Å². The van der Waals surface area contributed by atoms with E-state index in [0.29, 0.717) is 5.82 Å². The number of aromatic amines is 1. The maximum atomic E-state index is 12.5. The predicted octanol–water partition coefficient (Wildman–Crippen LogP) is 1.37. The van der Waals surface area contributed by atoms with Gasteiger partial charge in [0.15, 0.2) is 0 Å². The molecule has 0 spiro atoms. The molecule has 0 aliphatic carbocycles. The second-order valence-electron chi connectivity index (χ2n) is 4.94. The van der Waals surface area contributed by atoms with Crippen molar-refractivity contribution in [1.82, 2.24) is 24.6 Å². The van der Waals surface area contributed by atoms with Crippen molar-refractivity contribution in [3.63, 3.8) is 0 Å². The molecule has 9 heteroatoms. The summed E-state index contributed by atoms with van der Waals surface area (Å²) < 4.78 is 1.59. The van der Waals surface area contributed by atoms with Crippen LogP contribution in [0.4, 0.5) is 5.69 Å². The highest BCUT2D eigenvalue weighted by Crippen LogP contribution is 2.22. The fourth-order valence-electron chi connectivity index (χ4n) is 1.96. The van der Waals surface area contributed by atoms with E-state index in [4.69, 9.17) is 0 Å². The molecule has 0 radical (unpaired) electrons. The van der Waals surface area contributed by atoms with Gasteiger partial charge in [0.05, 0.1) is 17.7 Å². The fraction of sp³-hybridized carbons (Fsp3) is 0.417. The van der Waals surface area contributed by atoms with Gasteiger partial charge in [-0.2, -0.15) is 5.10 Å². The second kappa shape index (κ2) is 5.73. The summed E-state index contributed by atoms with van der Waals surface area (Å²) in [6.07, 6.45) is 2.73. The first-order chi connectivity index (χ1) is 9.90. The topological polar surface area (TPSA) is 110 Å². The van der Waals surface area contributed by atoms with Crippen molar-refractivity contribution in [2.24, 2.45) is 0 Å². The number of hydrogen-bond acceptors (Lipinski definition) is 5. The summed E-state index contributed by atoms with van der Waals surface area (Å²) in [5, 5.41) is 17.3. The molecule has 1 N–H and O–H groups in total.